The summed E-state index contributed by atoms with van der Waals surface area (Å²) in [7, 11) is 0. The smallest absolute Gasteiger partial charge is 0.313 e. The quantitative estimate of drug-likeness (QED) is 0.572. The summed E-state index contributed by atoms with van der Waals surface area (Å²) in [6, 6.07) is 9.74. The highest BCUT2D eigenvalue weighted by molar-refractivity contribution is 6.04. The third-order valence-corrected chi connectivity index (χ3v) is 4.54. The fourth-order valence-electron chi connectivity index (χ4n) is 3.20. The number of anilines is 1. The molecule has 142 valence electrons. The van der Waals surface area contributed by atoms with Gasteiger partial charge in [-0.05, 0) is 25.3 Å². The monoisotopic (exact) mass is 368 g/mol. The van der Waals surface area contributed by atoms with Gasteiger partial charge in [-0.3, -0.25) is 14.6 Å². The largest absolute Gasteiger partial charge is 0.466 e. The van der Waals surface area contributed by atoms with E-state index in [0.29, 0.717) is 31.1 Å². The Kier molecular flexibility index (Phi) is 6.35. The molecular formula is C20H24N4O3. The van der Waals surface area contributed by atoms with Gasteiger partial charge in [0, 0.05) is 6.54 Å². The van der Waals surface area contributed by atoms with Gasteiger partial charge in [0.2, 0.25) is 5.78 Å². The molecule has 7 nitrogen and oxygen atoms in total. The first-order valence-electron chi connectivity index (χ1n) is 9.25. The number of hydrogen-bond donors (Lipinski definition) is 1. The van der Waals surface area contributed by atoms with Crippen LogP contribution < -0.4 is 5.32 Å². The average Bonchev–Trinajstić information content (AvgIpc) is 2.99. The summed E-state index contributed by atoms with van der Waals surface area (Å²) in [4.78, 5) is 32.5. The molecule has 0 aliphatic carbocycles. The van der Waals surface area contributed by atoms with E-state index in [-0.39, 0.29) is 24.2 Å². The van der Waals surface area contributed by atoms with Gasteiger partial charge in [-0.15, -0.1) is 0 Å². The number of aromatic nitrogens is 2. The number of rotatable bonds is 8. The van der Waals surface area contributed by atoms with Gasteiger partial charge in [0.15, 0.2) is 5.69 Å². The first-order chi connectivity index (χ1) is 13.2. The number of imidazole rings is 1. The van der Waals surface area contributed by atoms with E-state index in [2.05, 4.69) is 15.3 Å². The summed E-state index contributed by atoms with van der Waals surface area (Å²) in [6.07, 6.45) is 5.64. The van der Waals surface area contributed by atoms with Crippen molar-refractivity contribution in [1.29, 1.82) is 0 Å². The van der Waals surface area contributed by atoms with Crippen LogP contribution in [0, 0.1) is 0 Å². The predicted molar refractivity (Wildman–Crippen MR) is 103 cm³/mol. The number of nitrogens with zero attached hydrogens (tertiary/aromatic N) is 3. The Labute approximate surface area is 158 Å². The Morgan fingerprint density at radius 1 is 1.30 bits per heavy atom. The van der Waals surface area contributed by atoms with Crippen LogP contribution in [-0.2, 0) is 16.1 Å². The molecule has 1 N–H and O–H groups in total. The Hall–Kier alpha value is -2.96. The number of ketones is 1. The highest BCUT2D eigenvalue weighted by atomic mass is 16.5. The molecule has 7 heteroatoms. The Balaban J connectivity index is 1.59. The van der Waals surface area contributed by atoms with Crippen molar-refractivity contribution in [3.8, 4) is 0 Å². The van der Waals surface area contributed by atoms with Crippen molar-refractivity contribution >= 4 is 23.9 Å². The van der Waals surface area contributed by atoms with Crippen molar-refractivity contribution < 1.29 is 14.3 Å². The minimum atomic E-state index is -0.252. The molecule has 3 rings (SSSR count). The Bertz CT molecular complexity index is 814. The number of ether oxygens (including phenoxy) is 1. The zero-order valence-corrected chi connectivity index (χ0v) is 15.4. The third kappa shape index (κ3) is 4.61. The number of fused-ring (bicyclic) bond motifs is 1. The highest BCUT2D eigenvalue weighted by Crippen LogP contribution is 2.24. The molecule has 0 saturated heterocycles. The summed E-state index contributed by atoms with van der Waals surface area (Å²) in [5.41, 5.74) is 1.41. The fraction of sp³-hybridized carbons (Fsp3) is 0.400. The van der Waals surface area contributed by atoms with E-state index >= 15 is 0 Å². The highest BCUT2D eigenvalue weighted by Gasteiger charge is 2.22. The van der Waals surface area contributed by atoms with E-state index in [9.17, 15) is 9.59 Å². The maximum absolute atomic E-state index is 12.3. The second kappa shape index (κ2) is 9.12. The lowest BCUT2D eigenvalue weighted by Crippen LogP contribution is -2.16. The molecule has 1 aromatic heterocycles. The van der Waals surface area contributed by atoms with Gasteiger partial charge in [-0.2, -0.15) is 0 Å². The first kappa shape index (κ1) is 18.8. The van der Waals surface area contributed by atoms with Crippen LogP contribution in [0.3, 0.4) is 0 Å². The standard InChI is InChI=1S/C20H24N4O3/c1-2-27-20(26)16(15-8-4-3-5-9-15)10-6-7-11-24-14-23-18-17(25)12-21-13-22-19(18)24/h3-5,8-9,13-14,16H,2,6-7,10-12H2,1H3,(H,21,22). The number of nitrogens with one attached hydrogen (secondary N) is 1. The number of esters is 1. The molecule has 1 aliphatic heterocycles. The summed E-state index contributed by atoms with van der Waals surface area (Å²) in [5, 5.41) is 3.03. The molecule has 0 radical (unpaired) electrons. The van der Waals surface area contributed by atoms with Gasteiger partial charge in [-0.25, -0.2) is 4.98 Å². The van der Waals surface area contributed by atoms with E-state index in [1.54, 1.807) is 6.33 Å². The van der Waals surface area contributed by atoms with Crippen molar-refractivity contribution in [2.45, 2.75) is 38.6 Å². The number of carbonyl (C=O) groups is 2. The van der Waals surface area contributed by atoms with Crippen LogP contribution in [0.5, 0.6) is 0 Å². The van der Waals surface area contributed by atoms with Crippen LogP contribution in [0.1, 0.15) is 48.2 Å². The van der Waals surface area contributed by atoms with E-state index < -0.39 is 0 Å². The number of benzene rings is 1. The van der Waals surface area contributed by atoms with Gasteiger partial charge in [0.1, 0.15) is 12.4 Å². The first-order valence-corrected chi connectivity index (χ1v) is 9.25. The third-order valence-electron chi connectivity index (χ3n) is 4.54. The van der Waals surface area contributed by atoms with Crippen molar-refractivity contribution in [2.75, 3.05) is 18.5 Å². The molecule has 2 aromatic rings. The molecule has 1 aromatic carbocycles. The molecule has 1 atom stereocenters. The molecule has 0 fully saturated rings. The number of unbranched alkanes of at least 4 members (excludes halogenated alkanes) is 1. The van der Waals surface area contributed by atoms with E-state index in [1.807, 2.05) is 41.8 Å². The molecule has 1 aliphatic rings. The molecule has 0 amide bonds. The fourth-order valence-corrected chi connectivity index (χ4v) is 3.20. The lowest BCUT2D eigenvalue weighted by atomic mass is 9.93. The number of aryl methyl sites for hydroxylation is 1. The van der Waals surface area contributed by atoms with Crippen LogP contribution in [0.15, 0.2) is 41.7 Å². The molecule has 0 bridgehead atoms. The average molecular weight is 368 g/mol. The molecule has 0 saturated carbocycles. The van der Waals surface area contributed by atoms with Crippen LogP contribution in [-0.4, -0.2) is 40.8 Å². The topological polar surface area (TPSA) is 85.6 Å². The minimum absolute atomic E-state index is 0.0866. The van der Waals surface area contributed by atoms with Crippen LogP contribution in [0.2, 0.25) is 0 Å². The molecule has 0 spiro atoms. The molecule has 27 heavy (non-hydrogen) atoms. The maximum Gasteiger partial charge on any atom is 0.313 e. The van der Waals surface area contributed by atoms with Crippen molar-refractivity contribution in [3.05, 3.63) is 47.9 Å². The van der Waals surface area contributed by atoms with Crippen LogP contribution in [0.25, 0.3) is 0 Å². The van der Waals surface area contributed by atoms with Crippen molar-refractivity contribution in [3.63, 3.8) is 0 Å². The maximum atomic E-state index is 12.3. The van der Waals surface area contributed by atoms with Crippen molar-refractivity contribution in [2.24, 2.45) is 4.99 Å². The van der Waals surface area contributed by atoms with E-state index in [4.69, 9.17) is 4.74 Å². The van der Waals surface area contributed by atoms with E-state index in [0.717, 1.165) is 18.4 Å². The summed E-state index contributed by atoms with van der Waals surface area (Å²) >= 11 is 0. The van der Waals surface area contributed by atoms with Crippen LogP contribution in [0.4, 0.5) is 5.82 Å². The number of carbonyl (C=O) groups excluding carboxylic acids is 2. The van der Waals surface area contributed by atoms with Crippen molar-refractivity contribution in [1.82, 2.24) is 9.55 Å². The molecular weight excluding hydrogens is 344 g/mol. The SMILES string of the molecule is CCOC(=O)C(CCCCn1cnc2c1NC=NCC2=O)c1ccccc1. The van der Waals surface area contributed by atoms with Gasteiger partial charge < -0.3 is 14.6 Å². The van der Waals surface area contributed by atoms with Crippen LogP contribution >= 0.6 is 0 Å². The Morgan fingerprint density at radius 3 is 2.89 bits per heavy atom. The zero-order chi connectivity index (χ0) is 19.1. The molecule has 1 unspecified atom stereocenters. The summed E-state index contributed by atoms with van der Waals surface area (Å²) in [6.45, 7) is 3.03. The summed E-state index contributed by atoms with van der Waals surface area (Å²) in [5.74, 6) is 0.171. The van der Waals surface area contributed by atoms with Gasteiger partial charge in [0.25, 0.3) is 0 Å². The van der Waals surface area contributed by atoms with E-state index in [1.165, 1.54) is 6.34 Å². The lowest BCUT2D eigenvalue weighted by Gasteiger charge is -2.16. The van der Waals surface area contributed by atoms with Gasteiger partial charge >= 0.3 is 5.97 Å². The molecule has 2 heterocycles. The lowest BCUT2D eigenvalue weighted by molar-refractivity contribution is -0.145. The number of Topliss-reactive ketones (excluding diaryl/α,β-unsaturated/α-hetero) is 1. The second-order valence-electron chi connectivity index (χ2n) is 6.38. The number of aliphatic imine (C=N–C) groups is 1. The summed E-state index contributed by atoms with van der Waals surface area (Å²) < 4.78 is 7.17. The minimum Gasteiger partial charge on any atom is -0.466 e. The van der Waals surface area contributed by atoms with Gasteiger partial charge in [-0.1, -0.05) is 36.8 Å². The van der Waals surface area contributed by atoms with Gasteiger partial charge in [0.05, 0.1) is 25.2 Å². The second-order valence-corrected chi connectivity index (χ2v) is 6.38. The Morgan fingerprint density at radius 2 is 2.11 bits per heavy atom. The predicted octanol–water partition coefficient (Wildman–Crippen LogP) is 3.04. The normalized spacial score (nSPS) is 14.2. The number of hydrogen-bond acceptors (Lipinski definition) is 6. The zero-order valence-electron chi connectivity index (χ0n) is 15.4.